The fraction of sp³-hybridized carbons (Fsp3) is 0.538. The minimum atomic E-state index is -3.22. The molecule has 0 bridgehead atoms. The second-order valence-electron chi connectivity index (χ2n) is 4.40. The normalized spacial score (nSPS) is 16.7. The van der Waals surface area contributed by atoms with E-state index in [0.29, 0.717) is 30.1 Å². The van der Waals surface area contributed by atoms with Crippen molar-refractivity contribution in [3.8, 4) is 5.75 Å². The van der Waals surface area contributed by atoms with E-state index in [1.54, 1.807) is 24.3 Å². The number of halogens is 1. The highest BCUT2D eigenvalue weighted by atomic mass is 35.5. The van der Waals surface area contributed by atoms with Crippen LogP contribution in [0.5, 0.6) is 5.75 Å². The monoisotopic (exact) mass is 305 g/mol. The maximum Gasteiger partial charge on any atom is 0.181 e. The molecule has 0 unspecified atom stereocenters. The lowest BCUT2D eigenvalue weighted by Crippen LogP contribution is -2.35. The highest BCUT2D eigenvalue weighted by Crippen LogP contribution is 2.25. The zero-order valence-corrected chi connectivity index (χ0v) is 12.6. The summed E-state index contributed by atoms with van der Waals surface area (Å²) in [6.07, 6.45) is 1.36. The Hall–Kier alpha value is -0.780. The van der Waals surface area contributed by atoms with Gasteiger partial charge in [0.05, 0.1) is 16.8 Å². The van der Waals surface area contributed by atoms with Crippen LogP contribution in [0.25, 0.3) is 0 Å². The molecule has 2 rings (SSSR count). The van der Waals surface area contributed by atoms with Crippen molar-refractivity contribution in [2.45, 2.75) is 29.9 Å². The second kappa shape index (κ2) is 7.12. The zero-order chi connectivity index (χ0) is 13.0. The smallest absolute Gasteiger partial charge is 0.181 e. The lowest BCUT2D eigenvalue weighted by Gasteiger charge is -2.22. The number of hydrogen-bond acceptors (Lipinski definition) is 4. The summed E-state index contributed by atoms with van der Waals surface area (Å²) in [7, 11) is -3.22. The van der Waals surface area contributed by atoms with Crippen LogP contribution in [0.2, 0.25) is 0 Å². The van der Waals surface area contributed by atoms with Crippen molar-refractivity contribution >= 4 is 22.2 Å². The largest absolute Gasteiger partial charge is 0.494 e. The van der Waals surface area contributed by atoms with Crippen molar-refractivity contribution in [2.24, 2.45) is 0 Å². The molecule has 1 N–H and O–H groups in total. The molecule has 1 aromatic carbocycles. The maximum atomic E-state index is 12.5. The van der Waals surface area contributed by atoms with Crippen LogP contribution in [0.15, 0.2) is 29.2 Å². The van der Waals surface area contributed by atoms with Crippen LogP contribution >= 0.6 is 12.4 Å². The van der Waals surface area contributed by atoms with Crippen LogP contribution in [0, 0.1) is 0 Å². The van der Waals surface area contributed by atoms with Crippen LogP contribution in [0.3, 0.4) is 0 Å². The third-order valence-electron chi connectivity index (χ3n) is 3.17. The SMILES string of the molecule is CCOc1cccc(S(=O)(=O)C2CCNCC2)c1.Cl. The highest BCUT2D eigenvalue weighted by Gasteiger charge is 2.28. The van der Waals surface area contributed by atoms with Crippen LogP contribution < -0.4 is 10.1 Å². The molecule has 0 aliphatic carbocycles. The molecule has 1 aliphatic heterocycles. The molecule has 0 radical (unpaired) electrons. The molecule has 0 amide bonds. The molecule has 0 spiro atoms. The van der Waals surface area contributed by atoms with E-state index >= 15 is 0 Å². The van der Waals surface area contributed by atoms with E-state index in [-0.39, 0.29) is 17.7 Å². The summed E-state index contributed by atoms with van der Waals surface area (Å²) in [5.74, 6) is 0.618. The summed E-state index contributed by atoms with van der Waals surface area (Å²) in [5.41, 5.74) is 0. The molecule has 1 saturated heterocycles. The predicted octanol–water partition coefficient (Wildman–Crippen LogP) is 2.03. The topological polar surface area (TPSA) is 55.4 Å². The number of rotatable bonds is 4. The van der Waals surface area contributed by atoms with E-state index in [2.05, 4.69) is 5.32 Å². The van der Waals surface area contributed by atoms with Crippen LogP contribution in [0.4, 0.5) is 0 Å². The van der Waals surface area contributed by atoms with E-state index in [0.717, 1.165) is 13.1 Å². The number of ether oxygens (including phenoxy) is 1. The molecular formula is C13H20ClNO3S. The Morgan fingerprint density at radius 1 is 1.32 bits per heavy atom. The Morgan fingerprint density at radius 2 is 2.00 bits per heavy atom. The lowest BCUT2D eigenvalue weighted by atomic mass is 10.2. The van der Waals surface area contributed by atoms with Crippen LogP contribution in [-0.4, -0.2) is 33.4 Å². The molecule has 1 heterocycles. The first-order chi connectivity index (χ1) is 8.64. The molecule has 6 heteroatoms. The van der Waals surface area contributed by atoms with Gasteiger partial charge in [0, 0.05) is 0 Å². The van der Waals surface area contributed by atoms with Crippen LogP contribution in [-0.2, 0) is 9.84 Å². The predicted molar refractivity (Wildman–Crippen MR) is 77.9 cm³/mol. The van der Waals surface area contributed by atoms with Gasteiger partial charge in [-0.1, -0.05) is 6.07 Å². The quantitative estimate of drug-likeness (QED) is 0.925. The Bertz CT molecular complexity index is 498. The van der Waals surface area contributed by atoms with Gasteiger partial charge < -0.3 is 10.1 Å². The van der Waals surface area contributed by atoms with Gasteiger partial charge in [-0.25, -0.2) is 8.42 Å². The van der Waals surface area contributed by atoms with Crippen molar-refractivity contribution < 1.29 is 13.2 Å². The highest BCUT2D eigenvalue weighted by molar-refractivity contribution is 7.92. The van der Waals surface area contributed by atoms with Gasteiger partial charge in [-0.05, 0) is 51.1 Å². The minimum Gasteiger partial charge on any atom is -0.494 e. The van der Waals surface area contributed by atoms with E-state index in [1.165, 1.54) is 0 Å². The van der Waals surface area contributed by atoms with Gasteiger partial charge in [0.15, 0.2) is 9.84 Å². The molecule has 0 atom stereocenters. The Labute approximate surface area is 120 Å². The van der Waals surface area contributed by atoms with Gasteiger partial charge in [0.1, 0.15) is 5.75 Å². The molecule has 0 saturated carbocycles. The Kier molecular flexibility index (Phi) is 6.10. The lowest BCUT2D eigenvalue weighted by molar-refractivity contribution is 0.339. The minimum absolute atomic E-state index is 0. The van der Waals surface area contributed by atoms with E-state index in [1.807, 2.05) is 6.92 Å². The number of nitrogens with one attached hydrogen (secondary N) is 1. The summed E-state index contributed by atoms with van der Waals surface area (Å²) in [6.45, 7) is 3.97. The van der Waals surface area contributed by atoms with Gasteiger partial charge >= 0.3 is 0 Å². The number of hydrogen-bond donors (Lipinski definition) is 1. The summed E-state index contributed by atoms with van der Waals surface area (Å²) in [6, 6.07) is 6.80. The summed E-state index contributed by atoms with van der Waals surface area (Å²) in [4.78, 5) is 0.375. The molecule has 0 aromatic heterocycles. The summed E-state index contributed by atoms with van der Waals surface area (Å²) < 4.78 is 30.3. The Balaban J connectivity index is 0.00000180. The Morgan fingerprint density at radius 3 is 2.63 bits per heavy atom. The van der Waals surface area contributed by atoms with Gasteiger partial charge in [-0.2, -0.15) is 0 Å². The molecule has 1 fully saturated rings. The molecule has 19 heavy (non-hydrogen) atoms. The summed E-state index contributed by atoms with van der Waals surface area (Å²) >= 11 is 0. The first kappa shape index (κ1) is 16.3. The number of benzene rings is 1. The molecule has 1 aromatic rings. The number of piperidine rings is 1. The second-order valence-corrected chi connectivity index (χ2v) is 6.63. The van der Waals surface area contributed by atoms with Crippen molar-refractivity contribution in [3.63, 3.8) is 0 Å². The van der Waals surface area contributed by atoms with Crippen LogP contribution in [0.1, 0.15) is 19.8 Å². The fourth-order valence-electron chi connectivity index (χ4n) is 2.21. The molecule has 108 valence electrons. The van der Waals surface area contributed by atoms with E-state index < -0.39 is 9.84 Å². The third kappa shape index (κ3) is 3.84. The van der Waals surface area contributed by atoms with Gasteiger partial charge in [-0.15, -0.1) is 12.4 Å². The maximum absolute atomic E-state index is 12.5. The van der Waals surface area contributed by atoms with Crippen molar-refractivity contribution in [1.29, 1.82) is 0 Å². The standard InChI is InChI=1S/C13H19NO3S.ClH/c1-2-17-11-4-3-5-13(10-11)18(15,16)12-6-8-14-9-7-12;/h3-5,10,12,14H,2,6-9H2,1H3;1H. The summed E-state index contributed by atoms with van der Waals surface area (Å²) in [5, 5.41) is 2.91. The third-order valence-corrected chi connectivity index (χ3v) is 5.43. The average molecular weight is 306 g/mol. The van der Waals surface area contributed by atoms with Crippen molar-refractivity contribution in [3.05, 3.63) is 24.3 Å². The molecular weight excluding hydrogens is 286 g/mol. The first-order valence-electron chi connectivity index (χ1n) is 6.32. The van der Waals surface area contributed by atoms with Crippen molar-refractivity contribution in [2.75, 3.05) is 19.7 Å². The van der Waals surface area contributed by atoms with E-state index in [9.17, 15) is 8.42 Å². The average Bonchev–Trinajstić information content (AvgIpc) is 2.40. The van der Waals surface area contributed by atoms with E-state index in [4.69, 9.17) is 4.74 Å². The molecule has 4 nitrogen and oxygen atoms in total. The number of sulfone groups is 1. The zero-order valence-electron chi connectivity index (χ0n) is 11.0. The van der Waals surface area contributed by atoms with Crippen molar-refractivity contribution in [1.82, 2.24) is 5.32 Å². The van der Waals surface area contributed by atoms with Gasteiger partial charge in [0.2, 0.25) is 0 Å². The van der Waals surface area contributed by atoms with Gasteiger partial charge in [0.25, 0.3) is 0 Å². The fourth-order valence-corrected chi connectivity index (χ4v) is 4.00. The first-order valence-corrected chi connectivity index (χ1v) is 7.86. The van der Waals surface area contributed by atoms with Gasteiger partial charge in [-0.3, -0.25) is 0 Å². The molecule has 1 aliphatic rings.